The van der Waals surface area contributed by atoms with Crippen LogP contribution in [0.3, 0.4) is 0 Å². The molecule has 5 rings (SSSR count). The first-order valence-electron chi connectivity index (χ1n) is 10.7. The summed E-state index contributed by atoms with van der Waals surface area (Å²) in [6.45, 7) is 3.26. The Morgan fingerprint density at radius 1 is 1.06 bits per heavy atom. The van der Waals surface area contributed by atoms with E-state index in [1.807, 2.05) is 17.9 Å². The van der Waals surface area contributed by atoms with Crippen LogP contribution in [0.1, 0.15) is 33.7 Å². The van der Waals surface area contributed by atoms with Crippen molar-refractivity contribution in [3.05, 3.63) is 82.1 Å². The second-order valence-corrected chi connectivity index (χ2v) is 8.62. The first kappa shape index (κ1) is 20.6. The summed E-state index contributed by atoms with van der Waals surface area (Å²) in [5, 5.41) is 0.445. The summed E-state index contributed by atoms with van der Waals surface area (Å²) in [5.74, 6) is 1.47. The number of aromatic nitrogens is 2. The minimum atomic E-state index is -0.0119. The zero-order valence-corrected chi connectivity index (χ0v) is 18.9. The molecule has 4 aromatic rings. The highest BCUT2D eigenvalue weighted by atomic mass is 35.5. The first-order valence-corrected chi connectivity index (χ1v) is 11.1. The number of methoxy groups -OCH3 is 1. The molecule has 1 aromatic heterocycles. The van der Waals surface area contributed by atoms with Crippen LogP contribution in [0.25, 0.3) is 22.2 Å². The third-order valence-electron chi connectivity index (χ3n) is 6.06. The van der Waals surface area contributed by atoms with E-state index in [0.717, 1.165) is 40.8 Å². The van der Waals surface area contributed by atoms with Crippen LogP contribution in [-0.4, -0.2) is 34.4 Å². The van der Waals surface area contributed by atoms with Crippen LogP contribution in [0.4, 0.5) is 0 Å². The molecule has 0 spiro atoms. The minimum Gasteiger partial charge on any atom is -0.495 e. The summed E-state index contributed by atoms with van der Waals surface area (Å²) in [7, 11) is 1.57. The maximum Gasteiger partial charge on any atom is 0.254 e. The number of carbonyl (C=O) groups is 1. The zero-order chi connectivity index (χ0) is 22.2. The highest BCUT2D eigenvalue weighted by Crippen LogP contribution is 2.30. The van der Waals surface area contributed by atoms with E-state index in [9.17, 15) is 4.79 Å². The van der Waals surface area contributed by atoms with Gasteiger partial charge in [-0.05, 0) is 78.4 Å². The van der Waals surface area contributed by atoms with E-state index < -0.39 is 0 Å². The molecule has 0 saturated carbocycles. The van der Waals surface area contributed by atoms with Crippen LogP contribution in [-0.2, 0) is 13.0 Å². The van der Waals surface area contributed by atoms with Crippen LogP contribution in [0.15, 0.2) is 54.6 Å². The van der Waals surface area contributed by atoms with Crippen molar-refractivity contribution in [1.82, 2.24) is 14.9 Å². The number of H-pyrrole nitrogens is 1. The number of nitrogens with one attached hydrogen (secondary N) is 1. The largest absolute Gasteiger partial charge is 0.495 e. The van der Waals surface area contributed by atoms with E-state index in [-0.39, 0.29) is 5.91 Å². The summed E-state index contributed by atoms with van der Waals surface area (Å²) in [6.07, 6.45) is 1.89. The summed E-state index contributed by atoms with van der Waals surface area (Å²) >= 11 is 6.25. The zero-order valence-electron chi connectivity index (χ0n) is 18.1. The SMILES string of the molecule is COc1ccc(C(=O)N2CCCc3ccc(-c4ccc5nc(C)[nH]c5c4)cc3C2)cc1Cl. The highest BCUT2D eigenvalue weighted by Gasteiger charge is 2.21. The van der Waals surface area contributed by atoms with Gasteiger partial charge in [0.1, 0.15) is 11.6 Å². The molecule has 0 saturated heterocycles. The van der Waals surface area contributed by atoms with E-state index >= 15 is 0 Å². The molecule has 0 unspecified atom stereocenters. The Labute approximate surface area is 192 Å². The Morgan fingerprint density at radius 3 is 2.69 bits per heavy atom. The third-order valence-corrected chi connectivity index (χ3v) is 6.36. The lowest BCUT2D eigenvalue weighted by molar-refractivity contribution is 0.0746. The van der Waals surface area contributed by atoms with Gasteiger partial charge < -0.3 is 14.6 Å². The smallest absolute Gasteiger partial charge is 0.254 e. The molecule has 2 heterocycles. The number of imidazole rings is 1. The Morgan fingerprint density at radius 2 is 1.88 bits per heavy atom. The molecule has 1 N–H and O–H groups in total. The summed E-state index contributed by atoms with van der Waals surface area (Å²) < 4.78 is 5.21. The van der Waals surface area contributed by atoms with Gasteiger partial charge in [-0.1, -0.05) is 29.8 Å². The van der Waals surface area contributed by atoms with Gasteiger partial charge in [0.15, 0.2) is 0 Å². The second kappa shape index (κ2) is 8.32. The number of fused-ring (bicyclic) bond motifs is 2. The Balaban J connectivity index is 1.45. The van der Waals surface area contributed by atoms with Gasteiger partial charge >= 0.3 is 0 Å². The van der Waals surface area contributed by atoms with Crippen molar-refractivity contribution in [3.8, 4) is 16.9 Å². The molecule has 1 amide bonds. The summed E-state index contributed by atoms with van der Waals surface area (Å²) in [4.78, 5) is 22.9. The van der Waals surface area contributed by atoms with E-state index in [0.29, 0.717) is 29.4 Å². The quantitative estimate of drug-likeness (QED) is 0.434. The molecule has 0 fully saturated rings. The predicted molar refractivity (Wildman–Crippen MR) is 127 cm³/mol. The average Bonchev–Trinajstić information content (AvgIpc) is 3.04. The van der Waals surface area contributed by atoms with Crippen molar-refractivity contribution in [2.75, 3.05) is 13.7 Å². The molecule has 0 aliphatic carbocycles. The van der Waals surface area contributed by atoms with E-state index in [4.69, 9.17) is 16.3 Å². The van der Waals surface area contributed by atoms with Crippen LogP contribution in [0.2, 0.25) is 5.02 Å². The standard InChI is InChI=1S/C26H24ClN3O2/c1-16-28-23-9-7-19(14-24(23)29-16)18-6-5-17-4-3-11-30(15-21(17)12-18)26(31)20-8-10-25(32-2)22(27)13-20/h5-10,12-14H,3-4,11,15H2,1-2H3,(H,28,29). The fourth-order valence-electron chi connectivity index (χ4n) is 4.41. The van der Waals surface area contributed by atoms with Gasteiger partial charge in [-0.25, -0.2) is 4.98 Å². The fourth-order valence-corrected chi connectivity index (χ4v) is 4.67. The number of halogens is 1. The molecule has 1 aliphatic rings. The Bertz CT molecular complexity index is 1330. The monoisotopic (exact) mass is 445 g/mol. The topological polar surface area (TPSA) is 58.2 Å². The van der Waals surface area contributed by atoms with Crippen molar-refractivity contribution in [2.24, 2.45) is 0 Å². The lowest BCUT2D eigenvalue weighted by atomic mass is 9.97. The van der Waals surface area contributed by atoms with Crippen molar-refractivity contribution >= 4 is 28.5 Å². The highest BCUT2D eigenvalue weighted by molar-refractivity contribution is 6.32. The van der Waals surface area contributed by atoms with Gasteiger partial charge in [-0.2, -0.15) is 0 Å². The number of carbonyl (C=O) groups excluding carboxylic acids is 1. The normalized spacial score (nSPS) is 13.7. The lowest BCUT2D eigenvalue weighted by Gasteiger charge is -2.21. The van der Waals surface area contributed by atoms with Crippen LogP contribution in [0, 0.1) is 6.92 Å². The number of hydrogen-bond donors (Lipinski definition) is 1. The van der Waals surface area contributed by atoms with E-state index in [1.54, 1.807) is 25.3 Å². The average molecular weight is 446 g/mol. The van der Waals surface area contributed by atoms with Gasteiger partial charge in [0, 0.05) is 18.7 Å². The Hall–Kier alpha value is -3.31. The molecule has 162 valence electrons. The molecular weight excluding hydrogens is 422 g/mol. The number of hydrogen-bond acceptors (Lipinski definition) is 3. The lowest BCUT2D eigenvalue weighted by Crippen LogP contribution is -2.30. The maximum absolute atomic E-state index is 13.2. The fraction of sp³-hybridized carbons (Fsp3) is 0.231. The van der Waals surface area contributed by atoms with Gasteiger partial charge in [-0.15, -0.1) is 0 Å². The van der Waals surface area contributed by atoms with Crippen LogP contribution in [0.5, 0.6) is 5.75 Å². The number of rotatable bonds is 3. The molecule has 1 aliphatic heterocycles. The van der Waals surface area contributed by atoms with Crippen molar-refractivity contribution in [1.29, 1.82) is 0 Å². The molecule has 0 bridgehead atoms. The van der Waals surface area contributed by atoms with Crippen molar-refractivity contribution < 1.29 is 9.53 Å². The molecular formula is C26H24ClN3O2. The van der Waals surface area contributed by atoms with Crippen molar-refractivity contribution in [2.45, 2.75) is 26.3 Å². The number of benzene rings is 3. The molecule has 0 radical (unpaired) electrons. The number of ether oxygens (including phenoxy) is 1. The first-order chi connectivity index (χ1) is 15.5. The number of nitrogens with zero attached hydrogens (tertiary/aromatic N) is 2. The van der Waals surface area contributed by atoms with E-state index in [2.05, 4.69) is 40.3 Å². The molecule has 0 atom stereocenters. The Kier molecular flexibility index (Phi) is 5.35. The molecule has 3 aromatic carbocycles. The maximum atomic E-state index is 13.2. The summed E-state index contributed by atoms with van der Waals surface area (Å²) in [5.41, 5.74) is 7.34. The van der Waals surface area contributed by atoms with Gasteiger partial charge in [-0.3, -0.25) is 4.79 Å². The minimum absolute atomic E-state index is 0.0119. The van der Waals surface area contributed by atoms with Gasteiger partial charge in [0.2, 0.25) is 0 Å². The molecule has 6 heteroatoms. The van der Waals surface area contributed by atoms with Crippen LogP contribution < -0.4 is 4.74 Å². The van der Waals surface area contributed by atoms with E-state index in [1.165, 1.54) is 11.1 Å². The van der Waals surface area contributed by atoms with Gasteiger partial charge in [0.25, 0.3) is 5.91 Å². The summed E-state index contributed by atoms with van der Waals surface area (Å²) in [6, 6.07) is 18.1. The number of aromatic amines is 1. The van der Waals surface area contributed by atoms with Crippen molar-refractivity contribution in [3.63, 3.8) is 0 Å². The molecule has 32 heavy (non-hydrogen) atoms. The predicted octanol–water partition coefficient (Wildman–Crippen LogP) is 5.79. The number of amides is 1. The van der Waals surface area contributed by atoms with Crippen LogP contribution >= 0.6 is 11.6 Å². The third kappa shape index (κ3) is 3.84. The molecule has 5 nitrogen and oxygen atoms in total. The number of aryl methyl sites for hydroxylation is 2. The van der Waals surface area contributed by atoms with Gasteiger partial charge in [0.05, 0.1) is 23.2 Å². The second-order valence-electron chi connectivity index (χ2n) is 8.22.